The number of hydrogen-bond donors (Lipinski definition) is 3. The lowest BCUT2D eigenvalue weighted by atomic mass is 10.1. The molecule has 0 bridgehead atoms. The molecule has 1 saturated heterocycles. The minimum atomic E-state index is -0.417. The fourth-order valence-corrected chi connectivity index (χ4v) is 2.90. The lowest BCUT2D eigenvalue weighted by Crippen LogP contribution is -2.33. The average Bonchev–Trinajstić information content (AvgIpc) is 3.04. The lowest BCUT2D eigenvalue weighted by molar-refractivity contribution is 0.100. The Morgan fingerprint density at radius 1 is 1.04 bits per heavy atom. The van der Waals surface area contributed by atoms with Gasteiger partial charge >= 0.3 is 0 Å². The second-order valence-electron chi connectivity index (χ2n) is 5.49. The predicted octanol–water partition coefficient (Wildman–Crippen LogP) is 3.13. The number of para-hydroxylation sites is 2. The highest BCUT2D eigenvalue weighted by atomic mass is 35.5. The van der Waals surface area contributed by atoms with Crippen LogP contribution in [0, 0.1) is 0 Å². The van der Waals surface area contributed by atoms with Gasteiger partial charge < -0.3 is 21.7 Å². The fourth-order valence-electron chi connectivity index (χ4n) is 2.90. The van der Waals surface area contributed by atoms with Gasteiger partial charge in [-0.25, -0.2) is 0 Å². The van der Waals surface area contributed by atoms with E-state index in [9.17, 15) is 4.79 Å². The standard InChI is InChI=1S/C17H20N4O.3ClH/c18-15-3-1-2-4-16(15)21(14-9-10-20-11-14)13-7-5-12(6-8-13)17(19)22;;;/h1-8,14,20H,9-11,18H2,(H2,19,22);3*1H/t14-;;;/m1.../s1. The molecule has 3 rings (SSSR count). The average molecular weight is 406 g/mol. The molecule has 1 heterocycles. The summed E-state index contributed by atoms with van der Waals surface area (Å²) < 4.78 is 0. The number of halogens is 3. The maximum absolute atomic E-state index is 11.2. The minimum absolute atomic E-state index is 0. The van der Waals surface area contributed by atoms with Gasteiger partial charge in [-0.05, 0) is 49.4 Å². The number of carbonyl (C=O) groups is 1. The molecular formula is C17H23Cl3N4O. The summed E-state index contributed by atoms with van der Waals surface area (Å²) in [4.78, 5) is 13.5. The number of nitrogens with one attached hydrogen (secondary N) is 1. The van der Waals surface area contributed by atoms with Crippen LogP contribution in [0.25, 0.3) is 0 Å². The number of primary amides is 1. The van der Waals surface area contributed by atoms with Gasteiger partial charge in [-0.1, -0.05) is 12.1 Å². The number of hydrogen-bond acceptors (Lipinski definition) is 4. The Morgan fingerprint density at radius 2 is 1.68 bits per heavy atom. The molecule has 25 heavy (non-hydrogen) atoms. The summed E-state index contributed by atoms with van der Waals surface area (Å²) in [5.41, 5.74) is 14.7. The van der Waals surface area contributed by atoms with Crippen LogP contribution in [0.4, 0.5) is 17.1 Å². The summed E-state index contributed by atoms with van der Waals surface area (Å²) in [7, 11) is 0. The Bertz CT molecular complexity index is 676. The third kappa shape index (κ3) is 5.16. The first-order valence-electron chi connectivity index (χ1n) is 7.41. The van der Waals surface area contributed by atoms with Crippen LogP contribution in [0.2, 0.25) is 0 Å². The van der Waals surface area contributed by atoms with E-state index in [-0.39, 0.29) is 37.2 Å². The van der Waals surface area contributed by atoms with E-state index in [4.69, 9.17) is 11.5 Å². The third-order valence-electron chi connectivity index (χ3n) is 4.03. The van der Waals surface area contributed by atoms with Crippen molar-refractivity contribution in [3.05, 3.63) is 54.1 Å². The normalized spacial score (nSPS) is 15.3. The summed E-state index contributed by atoms with van der Waals surface area (Å²) in [6, 6.07) is 15.5. The minimum Gasteiger partial charge on any atom is -0.397 e. The van der Waals surface area contributed by atoms with Crippen LogP contribution in [0.3, 0.4) is 0 Å². The summed E-state index contributed by atoms with van der Waals surface area (Å²) >= 11 is 0. The molecule has 2 aromatic rings. The SMILES string of the molecule is Cl.Cl.Cl.NC(=O)c1ccc(N(c2ccccc2N)[C@@H]2CCNC2)cc1. The van der Waals surface area contributed by atoms with Gasteiger partial charge in [-0.2, -0.15) is 0 Å². The summed E-state index contributed by atoms with van der Waals surface area (Å²) in [5.74, 6) is -0.417. The molecule has 0 radical (unpaired) electrons. The van der Waals surface area contributed by atoms with E-state index in [0.717, 1.165) is 36.6 Å². The Balaban J connectivity index is 0.00000192. The highest BCUT2D eigenvalue weighted by molar-refractivity contribution is 5.93. The van der Waals surface area contributed by atoms with Crippen molar-refractivity contribution in [3.63, 3.8) is 0 Å². The first kappa shape index (κ1) is 23.3. The molecule has 0 aromatic heterocycles. The van der Waals surface area contributed by atoms with Crippen molar-refractivity contribution < 1.29 is 4.79 Å². The van der Waals surface area contributed by atoms with Gasteiger partial charge in [0.1, 0.15) is 0 Å². The zero-order valence-corrected chi connectivity index (χ0v) is 16.0. The molecule has 0 spiro atoms. The van der Waals surface area contributed by atoms with Crippen molar-refractivity contribution in [2.24, 2.45) is 5.73 Å². The van der Waals surface area contributed by atoms with Gasteiger partial charge in [0.15, 0.2) is 0 Å². The quantitative estimate of drug-likeness (QED) is 0.682. The van der Waals surface area contributed by atoms with E-state index in [1.807, 2.05) is 36.4 Å². The number of rotatable bonds is 4. The van der Waals surface area contributed by atoms with Crippen molar-refractivity contribution in [1.82, 2.24) is 5.32 Å². The second-order valence-corrected chi connectivity index (χ2v) is 5.49. The number of nitrogens with zero attached hydrogens (tertiary/aromatic N) is 1. The molecule has 5 nitrogen and oxygen atoms in total. The van der Waals surface area contributed by atoms with Crippen LogP contribution in [0.15, 0.2) is 48.5 Å². The van der Waals surface area contributed by atoms with Gasteiger partial charge in [-0.3, -0.25) is 4.79 Å². The van der Waals surface area contributed by atoms with Crippen molar-refractivity contribution in [2.45, 2.75) is 12.5 Å². The van der Waals surface area contributed by atoms with Crippen LogP contribution < -0.4 is 21.7 Å². The third-order valence-corrected chi connectivity index (χ3v) is 4.03. The van der Waals surface area contributed by atoms with Gasteiger partial charge in [0, 0.05) is 23.8 Å². The second kappa shape index (κ2) is 10.4. The topological polar surface area (TPSA) is 84.4 Å². The number of carbonyl (C=O) groups excluding carboxylic acids is 1. The zero-order valence-electron chi connectivity index (χ0n) is 13.6. The molecular weight excluding hydrogens is 383 g/mol. The zero-order chi connectivity index (χ0) is 15.5. The van der Waals surface area contributed by atoms with Crippen molar-refractivity contribution in [1.29, 1.82) is 0 Å². The van der Waals surface area contributed by atoms with E-state index in [2.05, 4.69) is 10.2 Å². The Labute approximate surface area is 166 Å². The largest absolute Gasteiger partial charge is 0.397 e. The Kier molecular flexibility index (Phi) is 9.67. The van der Waals surface area contributed by atoms with E-state index in [1.165, 1.54) is 0 Å². The van der Waals surface area contributed by atoms with Gasteiger partial charge in [0.05, 0.1) is 11.4 Å². The van der Waals surface area contributed by atoms with Crippen molar-refractivity contribution in [3.8, 4) is 0 Å². The first-order valence-corrected chi connectivity index (χ1v) is 7.41. The van der Waals surface area contributed by atoms with Gasteiger partial charge in [0.25, 0.3) is 0 Å². The highest BCUT2D eigenvalue weighted by Crippen LogP contribution is 2.34. The van der Waals surface area contributed by atoms with Crippen LogP contribution in [0.1, 0.15) is 16.8 Å². The molecule has 1 amide bonds. The predicted molar refractivity (Wildman–Crippen MR) is 111 cm³/mol. The van der Waals surface area contributed by atoms with Gasteiger partial charge in [-0.15, -0.1) is 37.2 Å². The number of benzene rings is 2. The highest BCUT2D eigenvalue weighted by Gasteiger charge is 2.25. The number of nitrogen functional groups attached to an aromatic ring is 1. The summed E-state index contributed by atoms with van der Waals surface area (Å²) in [6.45, 7) is 1.90. The number of nitrogens with two attached hydrogens (primary N) is 2. The Morgan fingerprint density at radius 3 is 2.20 bits per heavy atom. The molecule has 0 unspecified atom stereocenters. The van der Waals surface area contributed by atoms with Crippen molar-refractivity contribution >= 4 is 60.2 Å². The monoisotopic (exact) mass is 404 g/mol. The van der Waals surface area contributed by atoms with Crippen molar-refractivity contribution in [2.75, 3.05) is 23.7 Å². The van der Waals surface area contributed by atoms with Gasteiger partial charge in [0.2, 0.25) is 5.91 Å². The van der Waals surface area contributed by atoms with E-state index < -0.39 is 5.91 Å². The van der Waals surface area contributed by atoms with E-state index in [1.54, 1.807) is 12.1 Å². The molecule has 5 N–H and O–H groups in total. The molecule has 0 aliphatic carbocycles. The van der Waals surface area contributed by atoms with Crippen LogP contribution in [0.5, 0.6) is 0 Å². The molecule has 8 heteroatoms. The molecule has 138 valence electrons. The molecule has 0 saturated carbocycles. The summed E-state index contributed by atoms with van der Waals surface area (Å²) in [6.07, 6.45) is 1.05. The molecule has 1 aliphatic heterocycles. The van der Waals surface area contributed by atoms with Crippen LogP contribution in [-0.4, -0.2) is 25.0 Å². The lowest BCUT2D eigenvalue weighted by Gasteiger charge is -2.32. The fraction of sp³-hybridized carbons (Fsp3) is 0.235. The number of anilines is 3. The Hall–Kier alpha value is -1.66. The molecule has 1 atom stereocenters. The number of amides is 1. The molecule has 2 aromatic carbocycles. The molecule has 1 fully saturated rings. The smallest absolute Gasteiger partial charge is 0.248 e. The van der Waals surface area contributed by atoms with E-state index in [0.29, 0.717) is 11.6 Å². The summed E-state index contributed by atoms with van der Waals surface area (Å²) in [5, 5.41) is 3.38. The first-order chi connectivity index (χ1) is 10.7. The maximum atomic E-state index is 11.2. The molecule has 1 aliphatic rings. The van der Waals surface area contributed by atoms with Crippen LogP contribution in [-0.2, 0) is 0 Å². The van der Waals surface area contributed by atoms with E-state index >= 15 is 0 Å². The van der Waals surface area contributed by atoms with Crippen LogP contribution >= 0.6 is 37.2 Å². The maximum Gasteiger partial charge on any atom is 0.248 e.